The first kappa shape index (κ1) is 14.1. The first-order valence-electron chi connectivity index (χ1n) is 5.66. The molecule has 2 rings (SSSR count). The zero-order valence-electron chi connectivity index (χ0n) is 9.72. The third kappa shape index (κ3) is 3.49. The van der Waals surface area contributed by atoms with Crippen molar-refractivity contribution in [2.45, 2.75) is 25.3 Å². The van der Waals surface area contributed by atoms with Gasteiger partial charge in [0.25, 0.3) is 0 Å². The van der Waals surface area contributed by atoms with Gasteiger partial charge in [0.1, 0.15) is 0 Å². The summed E-state index contributed by atoms with van der Waals surface area (Å²) in [5.74, 6) is 1.60. The van der Waals surface area contributed by atoms with Crippen LogP contribution in [-0.2, 0) is 0 Å². The maximum atomic E-state index is 6.09. The first-order chi connectivity index (χ1) is 7.81. The van der Waals surface area contributed by atoms with Gasteiger partial charge in [-0.25, -0.2) is 0 Å². The van der Waals surface area contributed by atoms with Crippen LogP contribution < -0.4 is 20.9 Å². The summed E-state index contributed by atoms with van der Waals surface area (Å²) in [7, 11) is 0. The lowest BCUT2D eigenvalue weighted by Crippen LogP contribution is -2.11. The van der Waals surface area contributed by atoms with Crippen molar-refractivity contribution in [3.8, 4) is 11.5 Å². The van der Waals surface area contributed by atoms with Crippen molar-refractivity contribution in [3.63, 3.8) is 0 Å². The van der Waals surface area contributed by atoms with Crippen LogP contribution in [0.25, 0.3) is 0 Å². The molecular weight excluding hydrogens is 240 g/mol. The summed E-state index contributed by atoms with van der Waals surface area (Å²) < 4.78 is 10.6. The maximum Gasteiger partial charge on any atom is 0.231 e. The third-order valence-corrected chi connectivity index (χ3v) is 2.79. The van der Waals surface area contributed by atoms with E-state index in [1.165, 1.54) is 0 Å². The molecular formula is C12H19ClN2O2. The average Bonchev–Trinajstić information content (AvgIpc) is 2.76. The molecule has 1 heterocycles. The maximum absolute atomic E-state index is 6.09. The second kappa shape index (κ2) is 6.69. The fourth-order valence-corrected chi connectivity index (χ4v) is 1.82. The summed E-state index contributed by atoms with van der Waals surface area (Å²) in [6.07, 6.45) is 3.04. The second-order valence-corrected chi connectivity index (χ2v) is 4.00. The summed E-state index contributed by atoms with van der Waals surface area (Å²) in [6.45, 7) is 1.04. The van der Waals surface area contributed by atoms with Gasteiger partial charge < -0.3 is 20.9 Å². The fraction of sp³-hybridized carbons (Fsp3) is 0.500. The monoisotopic (exact) mass is 258 g/mol. The molecule has 0 spiro atoms. The van der Waals surface area contributed by atoms with Gasteiger partial charge in [0.05, 0.1) is 0 Å². The van der Waals surface area contributed by atoms with Gasteiger partial charge in [-0.3, -0.25) is 0 Å². The molecule has 1 aromatic carbocycles. The van der Waals surface area contributed by atoms with E-state index in [1.807, 2.05) is 18.2 Å². The predicted octanol–water partition coefficient (Wildman–Crippen LogP) is 1.97. The number of rotatable bonds is 5. The normalized spacial score (nSPS) is 14.2. The Hall–Kier alpha value is -0.970. The molecule has 5 heteroatoms. The second-order valence-electron chi connectivity index (χ2n) is 4.00. The minimum absolute atomic E-state index is 0. The number of ether oxygens (including phenoxy) is 2. The summed E-state index contributed by atoms with van der Waals surface area (Å²) >= 11 is 0. The molecule has 1 atom stereocenters. The van der Waals surface area contributed by atoms with Gasteiger partial charge in [0.15, 0.2) is 11.5 Å². The van der Waals surface area contributed by atoms with E-state index in [4.69, 9.17) is 20.9 Å². The minimum Gasteiger partial charge on any atom is -0.454 e. The lowest BCUT2D eigenvalue weighted by molar-refractivity contribution is 0.174. The molecule has 96 valence electrons. The molecule has 0 aromatic heterocycles. The smallest absolute Gasteiger partial charge is 0.231 e. The van der Waals surface area contributed by atoms with Crippen molar-refractivity contribution in [1.29, 1.82) is 0 Å². The molecule has 1 aliphatic rings. The van der Waals surface area contributed by atoms with Crippen LogP contribution in [-0.4, -0.2) is 13.3 Å². The predicted molar refractivity (Wildman–Crippen MR) is 69.6 cm³/mol. The van der Waals surface area contributed by atoms with E-state index in [-0.39, 0.29) is 18.4 Å². The van der Waals surface area contributed by atoms with E-state index < -0.39 is 0 Å². The summed E-state index contributed by atoms with van der Waals surface area (Å²) in [5.41, 5.74) is 12.6. The highest BCUT2D eigenvalue weighted by Crippen LogP contribution is 2.34. The Bertz CT molecular complexity index is 360. The van der Waals surface area contributed by atoms with Crippen molar-refractivity contribution in [2.75, 3.05) is 13.3 Å². The number of halogens is 1. The number of benzene rings is 1. The molecule has 0 fully saturated rings. The molecule has 0 unspecified atom stereocenters. The standard InChI is InChI=1S/C12H18N2O2.ClH/c13-6-2-1-3-10(14)9-4-5-11-12(7-9)16-8-15-11;/h4-5,7,10H,1-3,6,8,13-14H2;1H/t10-;/m0./s1. The van der Waals surface area contributed by atoms with E-state index in [1.54, 1.807) is 0 Å². The average molecular weight is 259 g/mol. The number of fused-ring (bicyclic) bond motifs is 1. The van der Waals surface area contributed by atoms with Gasteiger partial charge in [-0.1, -0.05) is 12.5 Å². The van der Waals surface area contributed by atoms with Crippen molar-refractivity contribution < 1.29 is 9.47 Å². The molecule has 0 saturated carbocycles. The molecule has 17 heavy (non-hydrogen) atoms. The highest BCUT2D eigenvalue weighted by atomic mass is 35.5. The molecule has 0 amide bonds. The molecule has 0 bridgehead atoms. The SMILES string of the molecule is Cl.NCCCC[C@H](N)c1ccc2c(c1)OCO2. The Labute approximate surface area is 108 Å². The van der Waals surface area contributed by atoms with E-state index in [0.29, 0.717) is 6.79 Å². The molecule has 0 saturated heterocycles. The van der Waals surface area contributed by atoms with E-state index in [2.05, 4.69) is 0 Å². The van der Waals surface area contributed by atoms with Crippen LogP contribution >= 0.6 is 12.4 Å². The largest absolute Gasteiger partial charge is 0.454 e. The molecule has 1 aliphatic heterocycles. The number of hydrogen-bond acceptors (Lipinski definition) is 4. The summed E-state index contributed by atoms with van der Waals surface area (Å²) in [5, 5.41) is 0. The van der Waals surface area contributed by atoms with Crippen LogP contribution in [0.4, 0.5) is 0 Å². The van der Waals surface area contributed by atoms with Crippen molar-refractivity contribution in [1.82, 2.24) is 0 Å². The molecule has 1 aromatic rings. The number of unbranched alkanes of at least 4 members (excludes halogenated alkanes) is 1. The summed E-state index contributed by atoms with van der Waals surface area (Å²) in [6, 6.07) is 5.94. The van der Waals surface area contributed by atoms with E-state index in [0.717, 1.165) is 42.9 Å². The van der Waals surface area contributed by atoms with Crippen LogP contribution in [0.15, 0.2) is 18.2 Å². The van der Waals surface area contributed by atoms with Gasteiger partial charge >= 0.3 is 0 Å². The Morgan fingerprint density at radius 1 is 1.18 bits per heavy atom. The van der Waals surface area contributed by atoms with Crippen LogP contribution in [0.2, 0.25) is 0 Å². The number of hydrogen-bond donors (Lipinski definition) is 2. The number of nitrogens with two attached hydrogens (primary N) is 2. The zero-order chi connectivity index (χ0) is 11.4. The molecule has 0 radical (unpaired) electrons. The lowest BCUT2D eigenvalue weighted by Gasteiger charge is -2.12. The Morgan fingerprint density at radius 3 is 2.71 bits per heavy atom. The van der Waals surface area contributed by atoms with Crippen LogP contribution in [0.5, 0.6) is 11.5 Å². The van der Waals surface area contributed by atoms with Crippen molar-refractivity contribution in [3.05, 3.63) is 23.8 Å². The van der Waals surface area contributed by atoms with E-state index >= 15 is 0 Å². The highest BCUT2D eigenvalue weighted by molar-refractivity contribution is 5.85. The summed E-state index contributed by atoms with van der Waals surface area (Å²) in [4.78, 5) is 0. The lowest BCUT2D eigenvalue weighted by atomic mass is 10.0. The van der Waals surface area contributed by atoms with Gasteiger partial charge in [-0.15, -0.1) is 12.4 Å². The highest BCUT2D eigenvalue weighted by Gasteiger charge is 2.15. The van der Waals surface area contributed by atoms with Gasteiger partial charge in [0.2, 0.25) is 6.79 Å². The van der Waals surface area contributed by atoms with E-state index in [9.17, 15) is 0 Å². The Morgan fingerprint density at radius 2 is 1.94 bits per heavy atom. The molecule has 0 aliphatic carbocycles. The topological polar surface area (TPSA) is 70.5 Å². The van der Waals surface area contributed by atoms with Crippen LogP contribution in [0.1, 0.15) is 30.9 Å². The molecule has 4 nitrogen and oxygen atoms in total. The van der Waals surface area contributed by atoms with Crippen LogP contribution in [0, 0.1) is 0 Å². The van der Waals surface area contributed by atoms with Crippen molar-refractivity contribution in [2.24, 2.45) is 11.5 Å². The molecule has 4 N–H and O–H groups in total. The fourth-order valence-electron chi connectivity index (χ4n) is 1.82. The minimum atomic E-state index is 0. The third-order valence-electron chi connectivity index (χ3n) is 2.79. The zero-order valence-corrected chi connectivity index (χ0v) is 10.5. The van der Waals surface area contributed by atoms with Gasteiger partial charge in [-0.2, -0.15) is 0 Å². The Kier molecular flexibility index (Phi) is 5.55. The Balaban J connectivity index is 0.00000144. The van der Waals surface area contributed by atoms with Crippen molar-refractivity contribution >= 4 is 12.4 Å². The first-order valence-corrected chi connectivity index (χ1v) is 5.66. The van der Waals surface area contributed by atoms with Gasteiger partial charge in [0, 0.05) is 6.04 Å². The van der Waals surface area contributed by atoms with Crippen LogP contribution in [0.3, 0.4) is 0 Å². The quantitative estimate of drug-likeness (QED) is 0.792. The van der Waals surface area contributed by atoms with Gasteiger partial charge in [-0.05, 0) is 37.1 Å².